The molecule has 22 heavy (non-hydrogen) atoms. The second kappa shape index (κ2) is 6.46. The first kappa shape index (κ1) is 15.0. The molecule has 1 aliphatic heterocycles. The molecule has 2 aromatic rings. The smallest absolute Gasteiger partial charge is 0.252 e. The summed E-state index contributed by atoms with van der Waals surface area (Å²) < 4.78 is 5.33. The van der Waals surface area contributed by atoms with Crippen molar-refractivity contribution in [1.29, 1.82) is 0 Å². The van der Waals surface area contributed by atoms with Crippen LogP contribution < -0.4 is 0 Å². The lowest BCUT2D eigenvalue weighted by Crippen LogP contribution is -2.45. The number of ether oxygens (including phenoxy) is 1. The fraction of sp³-hybridized carbons (Fsp3) is 0.294. The number of carbonyl (C=O) groups excluding carboxylic acids is 1. The lowest BCUT2D eigenvalue weighted by atomic mass is 9.98. The van der Waals surface area contributed by atoms with Crippen molar-refractivity contribution < 1.29 is 9.53 Å². The SMILES string of the molecule is CN(C(=O)C1CCO1)C(c1ccc(Cl)cc1)c1cccnc1. The van der Waals surface area contributed by atoms with Gasteiger partial charge in [0.1, 0.15) is 6.10 Å². The number of amides is 1. The zero-order valence-electron chi connectivity index (χ0n) is 12.3. The Bertz CT molecular complexity index is 641. The van der Waals surface area contributed by atoms with Crippen LogP contribution in [0.15, 0.2) is 48.8 Å². The lowest BCUT2D eigenvalue weighted by molar-refractivity contribution is -0.156. The lowest BCUT2D eigenvalue weighted by Gasteiger charge is -2.34. The molecule has 1 fully saturated rings. The maximum absolute atomic E-state index is 12.5. The highest BCUT2D eigenvalue weighted by molar-refractivity contribution is 6.30. The average molecular weight is 317 g/mol. The molecule has 5 heteroatoms. The predicted molar refractivity (Wildman–Crippen MR) is 84.7 cm³/mol. The minimum absolute atomic E-state index is 0.00458. The van der Waals surface area contributed by atoms with Crippen LogP contribution >= 0.6 is 11.6 Å². The molecular formula is C17H17ClN2O2. The molecule has 0 N–H and O–H groups in total. The van der Waals surface area contributed by atoms with E-state index in [9.17, 15) is 4.79 Å². The van der Waals surface area contributed by atoms with Crippen molar-refractivity contribution in [2.24, 2.45) is 0 Å². The quantitative estimate of drug-likeness (QED) is 0.870. The van der Waals surface area contributed by atoms with Crippen LogP contribution in [0, 0.1) is 0 Å². The molecule has 1 saturated heterocycles. The number of hydrogen-bond acceptors (Lipinski definition) is 3. The van der Waals surface area contributed by atoms with Crippen molar-refractivity contribution >= 4 is 17.5 Å². The number of benzene rings is 1. The fourth-order valence-corrected chi connectivity index (χ4v) is 2.73. The van der Waals surface area contributed by atoms with Gasteiger partial charge in [0, 0.05) is 30.9 Å². The van der Waals surface area contributed by atoms with Gasteiger partial charge in [-0.25, -0.2) is 0 Å². The third-order valence-corrected chi connectivity index (χ3v) is 4.15. The van der Waals surface area contributed by atoms with Gasteiger partial charge in [-0.1, -0.05) is 29.8 Å². The van der Waals surface area contributed by atoms with Crippen molar-refractivity contribution in [3.63, 3.8) is 0 Å². The number of hydrogen-bond donors (Lipinski definition) is 0. The molecule has 2 unspecified atom stereocenters. The minimum atomic E-state index is -0.323. The van der Waals surface area contributed by atoms with E-state index in [1.165, 1.54) is 0 Å². The van der Waals surface area contributed by atoms with Gasteiger partial charge >= 0.3 is 0 Å². The largest absolute Gasteiger partial charge is 0.368 e. The second-order valence-corrected chi connectivity index (χ2v) is 5.77. The zero-order chi connectivity index (χ0) is 15.5. The van der Waals surface area contributed by atoms with Crippen LogP contribution in [0.5, 0.6) is 0 Å². The molecule has 0 radical (unpaired) electrons. The highest BCUT2D eigenvalue weighted by Crippen LogP contribution is 2.30. The highest BCUT2D eigenvalue weighted by atomic mass is 35.5. The first-order chi connectivity index (χ1) is 10.7. The summed E-state index contributed by atoms with van der Waals surface area (Å²) in [5, 5.41) is 0.671. The van der Waals surface area contributed by atoms with Gasteiger partial charge in [0.15, 0.2) is 0 Å². The van der Waals surface area contributed by atoms with E-state index in [4.69, 9.17) is 16.3 Å². The molecule has 0 aliphatic carbocycles. The summed E-state index contributed by atoms with van der Waals surface area (Å²) in [5.74, 6) is -0.00458. The summed E-state index contributed by atoms with van der Waals surface area (Å²) in [6.45, 7) is 0.656. The molecule has 1 aliphatic rings. The summed E-state index contributed by atoms with van der Waals surface area (Å²) in [6.07, 6.45) is 3.96. The van der Waals surface area contributed by atoms with E-state index in [0.717, 1.165) is 17.5 Å². The van der Waals surface area contributed by atoms with Crippen LogP contribution in [0.25, 0.3) is 0 Å². The molecular weight excluding hydrogens is 300 g/mol. The Morgan fingerprint density at radius 2 is 2.05 bits per heavy atom. The van der Waals surface area contributed by atoms with E-state index in [1.54, 1.807) is 24.3 Å². The van der Waals surface area contributed by atoms with Crippen LogP contribution in [0.3, 0.4) is 0 Å². The Morgan fingerprint density at radius 3 is 2.59 bits per heavy atom. The van der Waals surface area contributed by atoms with Crippen LogP contribution in [0.2, 0.25) is 5.02 Å². The zero-order valence-corrected chi connectivity index (χ0v) is 13.0. The van der Waals surface area contributed by atoms with E-state index in [2.05, 4.69) is 4.98 Å². The standard InChI is InChI=1S/C17H17ClN2O2/c1-20(17(21)15-8-10-22-15)16(13-3-2-9-19-11-13)12-4-6-14(18)7-5-12/h2-7,9,11,15-16H,8,10H2,1H3. The van der Waals surface area contributed by atoms with Gasteiger partial charge in [-0.2, -0.15) is 0 Å². The number of carbonyl (C=O) groups is 1. The first-order valence-electron chi connectivity index (χ1n) is 7.20. The van der Waals surface area contributed by atoms with Gasteiger partial charge < -0.3 is 9.64 Å². The third-order valence-electron chi connectivity index (χ3n) is 3.90. The van der Waals surface area contributed by atoms with Crippen LogP contribution in [0.1, 0.15) is 23.6 Å². The summed E-state index contributed by atoms with van der Waals surface area (Å²) in [7, 11) is 1.80. The number of aromatic nitrogens is 1. The summed E-state index contributed by atoms with van der Waals surface area (Å²) in [5.41, 5.74) is 1.95. The van der Waals surface area contributed by atoms with Crippen LogP contribution in [0.4, 0.5) is 0 Å². The Labute approximate surface area is 134 Å². The topological polar surface area (TPSA) is 42.4 Å². The normalized spacial score (nSPS) is 18.4. The van der Waals surface area contributed by atoms with Crippen molar-refractivity contribution in [2.75, 3.05) is 13.7 Å². The van der Waals surface area contributed by atoms with Gasteiger partial charge in [0.05, 0.1) is 12.6 Å². The second-order valence-electron chi connectivity index (χ2n) is 5.34. The molecule has 2 atom stereocenters. The number of nitrogens with zero attached hydrogens (tertiary/aromatic N) is 2. The highest BCUT2D eigenvalue weighted by Gasteiger charge is 2.33. The van der Waals surface area contributed by atoms with E-state index in [-0.39, 0.29) is 18.1 Å². The summed E-state index contributed by atoms with van der Waals surface area (Å²) in [4.78, 5) is 18.4. The Morgan fingerprint density at radius 1 is 1.32 bits per heavy atom. The van der Waals surface area contributed by atoms with Crippen molar-refractivity contribution in [2.45, 2.75) is 18.6 Å². The third kappa shape index (κ3) is 2.98. The van der Waals surface area contributed by atoms with Gasteiger partial charge in [-0.05, 0) is 29.3 Å². The van der Waals surface area contributed by atoms with E-state index in [1.807, 2.05) is 36.4 Å². The van der Waals surface area contributed by atoms with Gasteiger partial charge in [-0.3, -0.25) is 9.78 Å². The van der Waals surface area contributed by atoms with Gasteiger partial charge in [0.2, 0.25) is 0 Å². The van der Waals surface area contributed by atoms with Crippen LogP contribution in [-0.2, 0) is 9.53 Å². The minimum Gasteiger partial charge on any atom is -0.368 e. The number of likely N-dealkylation sites (N-methyl/N-ethyl adjacent to an activating group) is 1. The average Bonchev–Trinajstić information content (AvgIpc) is 2.48. The molecule has 114 valence electrons. The van der Waals surface area contributed by atoms with Crippen molar-refractivity contribution in [3.8, 4) is 0 Å². The van der Waals surface area contributed by atoms with Gasteiger partial charge in [-0.15, -0.1) is 0 Å². The number of pyridine rings is 1. The maximum Gasteiger partial charge on any atom is 0.252 e. The van der Waals surface area contributed by atoms with E-state index >= 15 is 0 Å². The maximum atomic E-state index is 12.5. The Balaban J connectivity index is 1.95. The Hall–Kier alpha value is -1.91. The monoisotopic (exact) mass is 316 g/mol. The summed E-state index contributed by atoms with van der Waals surface area (Å²) >= 11 is 5.97. The molecule has 1 aromatic heterocycles. The van der Waals surface area contributed by atoms with Crippen LogP contribution in [-0.4, -0.2) is 35.5 Å². The van der Waals surface area contributed by atoms with E-state index in [0.29, 0.717) is 11.6 Å². The number of halogens is 1. The Kier molecular flexibility index (Phi) is 4.41. The van der Waals surface area contributed by atoms with Gasteiger partial charge in [0.25, 0.3) is 5.91 Å². The molecule has 1 aromatic carbocycles. The molecule has 2 heterocycles. The predicted octanol–water partition coefficient (Wildman–Crippen LogP) is 3.07. The molecule has 0 saturated carbocycles. The molecule has 4 nitrogen and oxygen atoms in total. The molecule has 0 spiro atoms. The summed E-state index contributed by atoms with van der Waals surface area (Å²) in [6, 6.07) is 11.2. The first-order valence-corrected chi connectivity index (χ1v) is 7.58. The molecule has 3 rings (SSSR count). The van der Waals surface area contributed by atoms with E-state index < -0.39 is 0 Å². The van der Waals surface area contributed by atoms with Crippen molar-refractivity contribution in [3.05, 3.63) is 64.9 Å². The molecule has 0 bridgehead atoms. The fourth-order valence-electron chi connectivity index (χ4n) is 2.61. The molecule has 1 amide bonds. The number of rotatable bonds is 4. The van der Waals surface area contributed by atoms with Crippen molar-refractivity contribution in [1.82, 2.24) is 9.88 Å².